The molecule has 1 aliphatic heterocycles. The topological polar surface area (TPSA) is 68.0 Å². The Bertz CT molecular complexity index is 419. The van der Waals surface area contributed by atoms with Crippen LogP contribution in [0.4, 0.5) is 0 Å². The number of carbonyl (C=O) groups is 1. The van der Waals surface area contributed by atoms with E-state index < -0.39 is 5.91 Å². The van der Waals surface area contributed by atoms with Crippen LogP contribution in [0.1, 0.15) is 47.2 Å². The normalized spacial score (nSPS) is 20.6. The quantitative estimate of drug-likeness (QED) is 0.780. The molecule has 1 amide bonds. The Labute approximate surface area is 99.3 Å². The first kappa shape index (κ1) is 11.5. The van der Waals surface area contributed by atoms with E-state index in [0.29, 0.717) is 5.01 Å². The number of amides is 1. The third-order valence-corrected chi connectivity index (χ3v) is 3.95. The molecule has 1 atom stereocenters. The predicted octanol–water partition coefficient (Wildman–Crippen LogP) is 1.47. The number of nitrogens with one attached hydrogen (secondary N) is 1. The van der Waals surface area contributed by atoms with Gasteiger partial charge in [-0.2, -0.15) is 0 Å². The summed E-state index contributed by atoms with van der Waals surface area (Å²) in [7, 11) is 0. The highest BCUT2D eigenvalue weighted by atomic mass is 32.1. The molecule has 4 nitrogen and oxygen atoms in total. The van der Waals surface area contributed by atoms with Crippen molar-refractivity contribution in [3.05, 3.63) is 15.6 Å². The van der Waals surface area contributed by atoms with Crippen LogP contribution < -0.4 is 11.1 Å². The van der Waals surface area contributed by atoms with E-state index in [1.165, 1.54) is 16.2 Å². The fourth-order valence-corrected chi connectivity index (χ4v) is 3.29. The first-order valence-electron chi connectivity index (χ1n) is 5.42. The predicted molar refractivity (Wildman–Crippen MR) is 64.5 cm³/mol. The van der Waals surface area contributed by atoms with Crippen LogP contribution in [0.15, 0.2) is 0 Å². The molecule has 1 aromatic rings. The number of primary amides is 1. The lowest BCUT2D eigenvalue weighted by Crippen LogP contribution is -2.37. The van der Waals surface area contributed by atoms with Gasteiger partial charge >= 0.3 is 0 Å². The van der Waals surface area contributed by atoms with Gasteiger partial charge in [0.1, 0.15) is 0 Å². The van der Waals surface area contributed by atoms with Gasteiger partial charge in [-0.1, -0.05) is 20.8 Å². The van der Waals surface area contributed by atoms with Crippen molar-refractivity contribution in [2.45, 2.75) is 33.2 Å². The molecule has 0 spiro atoms. The lowest BCUT2D eigenvalue weighted by Gasteiger charge is -2.34. The molecule has 2 rings (SSSR count). The fourth-order valence-electron chi connectivity index (χ4n) is 2.00. The van der Waals surface area contributed by atoms with E-state index in [1.807, 2.05) is 0 Å². The maximum Gasteiger partial charge on any atom is 0.277 e. The van der Waals surface area contributed by atoms with Gasteiger partial charge in [0.2, 0.25) is 0 Å². The second kappa shape index (κ2) is 3.82. The Morgan fingerprint density at radius 3 is 2.81 bits per heavy atom. The van der Waals surface area contributed by atoms with Crippen molar-refractivity contribution in [1.29, 1.82) is 0 Å². The van der Waals surface area contributed by atoms with Gasteiger partial charge in [-0.15, -0.1) is 11.3 Å². The van der Waals surface area contributed by atoms with Crippen molar-refractivity contribution in [3.8, 4) is 0 Å². The highest BCUT2D eigenvalue weighted by molar-refractivity contribution is 7.13. The Hall–Kier alpha value is -0.940. The second-order valence-corrected chi connectivity index (χ2v) is 6.23. The fraction of sp³-hybridized carbons (Fsp3) is 0.636. The lowest BCUT2D eigenvalue weighted by molar-refractivity contribution is 0.1000. The number of thiazole rings is 1. The molecule has 1 aliphatic rings. The highest BCUT2D eigenvalue weighted by Gasteiger charge is 2.33. The van der Waals surface area contributed by atoms with E-state index in [-0.39, 0.29) is 11.5 Å². The van der Waals surface area contributed by atoms with Gasteiger partial charge in [-0.05, 0) is 5.41 Å². The number of aromatic nitrogens is 1. The van der Waals surface area contributed by atoms with Gasteiger partial charge < -0.3 is 11.1 Å². The summed E-state index contributed by atoms with van der Waals surface area (Å²) in [6.07, 6.45) is 0.881. The maximum atomic E-state index is 11.1. The van der Waals surface area contributed by atoms with Gasteiger partial charge in [0.15, 0.2) is 5.01 Å². The van der Waals surface area contributed by atoms with E-state index in [1.54, 1.807) is 0 Å². The van der Waals surface area contributed by atoms with Gasteiger partial charge in [-0.25, -0.2) is 4.98 Å². The zero-order valence-corrected chi connectivity index (χ0v) is 10.6. The average molecular weight is 239 g/mol. The van der Waals surface area contributed by atoms with E-state index in [9.17, 15) is 4.79 Å². The largest absolute Gasteiger partial charge is 0.364 e. The first-order chi connectivity index (χ1) is 7.39. The van der Waals surface area contributed by atoms with Gasteiger partial charge in [0.05, 0.1) is 5.69 Å². The molecule has 5 heteroatoms. The second-order valence-electron chi connectivity index (χ2n) is 5.20. The van der Waals surface area contributed by atoms with Gasteiger partial charge in [-0.3, -0.25) is 4.79 Å². The maximum absolute atomic E-state index is 11.1. The van der Waals surface area contributed by atoms with E-state index >= 15 is 0 Å². The molecule has 0 aliphatic carbocycles. The highest BCUT2D eigenvalue weighted by Crippen LogP contribution is 2.39. The minimum absolute atomic E-state index is 0.122. The summed E-state index contributed by atoms with van der Waals surface area (Å²) >= 11 is 1.43. The summed E-state index contributed by atoms with van der Waals surface area (Å²) in [4.78, 5) is 16.6. The molecule has 0 saturated heterocycles. The van der Waals surface area contributed by atoms with E-state index in [2.05, 4.69) is 31.1 Å². The number of hydrogen-bond donors (Lipinski definition) is 2. The molecule has 16 heavy (non-hydrogen) atoms. The number of nitrogens with two attached hydrogens (primary N) is 1. The van der Waals surface area contributed by atoms with Gasteiger partial charge in [0.25, 0.3) is 5.91 Å². The van der Waals surface area contributed by atoms with Crippen molar-refractivity contribution in [3.63, 3.8) is 0 Å². The van der Waals surface area contributed by atoms with Crippen LogP contribution in [-0.2, 0) is 6.42 Å². The van der Waals surface area contributed by atoms with E-state index in [4.69, 9.17) is 5.73 Å². The molecule has 0 bridgehead atoms. The number of hydrogen-bond acceptors (Lipinski definition) is 4. The molecule has 0 saturated carbocycles. The van der Waals surface area contributed by atoms with Crippen LogP contribution in [0.2, 0.25) is 0 Å². The smallest absolute Gasteiger partial charge is 0.277 e. The monoisotopic (exact) mass is 239 g/mol. The molecule has 1 aromatic heterocycles. The molecule has 2 heterocycles. The van der Waals surface area contributed by atoms with Crippen LogP contribution in [0.3, 0.4) is 0 Å². The van der Waals surface area contributed by atoms with E-state index in [0.717, 1.165) is 18.7 Å². The van der Waals surface area contributed by atoms with Crippen molar-refractivity contribution >= 4 is 17.2 Å². The van der Waals surface area contributed by atoms with Crippen molar-refractivity contribution in [2.24, 2.45) is 11.1 Å². The minimum Gasteiger partial charge on any atom is -0.364 e. The Kier molecular flexibility index (Phi) is 2.75. The van der Waals surface area contributed by atoms with Crippen molar-refractivity contribution in [1.82, 2.24) is 10.3 Å². The average Bonchev–Trinajstić information content (AvgIpc) is 2.58. The van der Waals surface area contributed by atoms with Gasteiger partial charge in [0, 0.05) is 23.9 Å². The van der Waals surface area contributed by atoms with Crippen molar-refractivity contribution in [2.75, 3.05) is 6.54 Å². The standard InChI is InChI=1S/C11H17N3OS/c1-11(2,3)8-7-6(4-5-13-8)14-10(16-7)9(12)15/h8,13H,4-5H2,1-3H3,(H2,12,15). The zero-order chi connectivity index (χ0) is 11.9. The van der Waals surface area contributed by atoms with Crippen molar-refractivity contribution < 1.29 is 4.79 Å². The molecular weight excluding hydrogens is 222 g/mol. The number of carbonyl (C=O) groups excluding carboxylic acids is 1. The van der Waals surface area contributed by atoms with Crippen LogP contribution in [0.25, 0.3) is 0 Å². The summed E-state index contributed by atoms with van der Waals surface area (Å²) in [5, 5.41) is 3.92. The van der Waals surface area contributed by atoms with Crippen LogP contribution in [0, 0.1) is 5.41 Å². The summed E-state index contributed by atoms with van der Waals surface area (Å²) < 4.78 is 0. The van der Waals surface area contributed by atoms with Crippen LogP contribution in [-0.4, -0.2) is 17.4 Å². The third-order valence-electron chi connectivity index (χ3n) is 2.78. The molecule has 0 radical (unpaired) electrons. The number of rotatable bonds is 1. The Morgan fingerprint density at radius 1 is 1.56 bits per heavy atom. The molecule has 0 aromatic carbocycles. The summed E-state index contributed by atoms with van der Waals surface area (Å²) in [6, 6.07) is 0.266. The molecule has 1 unspecified atom stereocenters. The first-order valence-corrected chi connectivity index (χ1v) is 6.24. The zero-order valence-electron chi connectivity index (χ0n) is 9.83. The molecule has 88 valence electrons. The number of fused-ring (bicyclic) bond motifs is 1. The number of nitrogens with zero attached hydrogens (tertiary/aromatic N) is 1. The summed E-state index contributed by atoms with van der Waals surface area (Å²) in [6.45, 7) is 7.47. The molecule has 3 N–H and O–H groups in total. The minimum atomic E-state index is -0.424. The SMILES string of the molecule is CC(C)(C)C1NCCc2nc(C(N)=O)sc21. The summed E-state index contributed by atoms with van der Waals surface area (Å²) in [5.41, 5.74) is 6.43. The van der Waals surface area contributed by atoms with Crippen LogP contribution >= 0.6 is 11.3 Å². The molecule has 0 fully saturated rings. The van der Waals surface area contributed by atoms with Crippen LogP contribution in [0.5, 0.6) is 0 Å². The Balaban J connectivity index is 2.42. The molecular formula is C11H17N3OS. The lowest BCUT2D eigenvalue weighted by atomic mass is 9.83. The summed E-state index contributed by atoms with van der Waals surface area (Å²) in [5.74, 6) is -0.424. The Morgan fingerprint density at radius 2 is 2.25 bits per heavy atom. The third kappa shape index (κ3) is 1.97.